The number of halogens is 1. The lowest BCUT2D eigenvalue weighted by molar-refractivity contribution is 0.0791. The monoisotopic (exact) mass is 312 g/mol. The van der Waals surface area contributed by atoms with Crippen LogP contribution in [0.25, 0.3) is 10.9 Å². The molecule has 0 aliphatic rings. The largest absolute Gasteiger partial charge is 0.493 e. The van der Waals surface area contributed by atoms with Crippen LogP contribution in [0.5, 0.6) is 5.75 Å². The van der Waals surface area contributed by atoms with E-state index in [-0.39, 0.29) is 18.3 Å². The highest BCUT2D eigenvalue weighted by Gasteiger charge is 2.20. The maximum absolute atomic E-state index is 13.5. The Labute approximate surface area is 133 Å². The van der Waals surface area contributed by atoms with Crippen molar-refractivity contribution in [3.8, 4) is 5.75 Å². The van der Waals surface area contributed by atoms with Crippen LogP contribution in [0, 0.1) is 18.7 Å². The van der Waals surface area contributed by atoms with Crippen LogP contribution in [-0.4, -0.2) is 22.3 Å². The van der Waals surface area contributed by atoms with Gasteiger partial charge in [0.05, 0.1) is 23.7 Å². The Bertz CT molecular complexity index is 843. The molecule has 4 nitrogen and oxygen atoms in total. The van der Waals surface area contributed by atoms with Crippen molar-refractivity contribution in [3.05, 3.63) is 60.0 Å². The van der Waals surface area contributed by atoms with Crippen molar-refractivity contribution < 1.29 is 13.9 Å². The molecule has 118 valence electrons. The van der Waals surface area contributed by atoms with Gasteiger partial charge in [-0.05, 0) is 31.2 Å². The number of para-hydroxylation sites is 1. The third kappa shape index (κ3) is 3.08. The van der Waals surface area contributed by atoms with Gasteiger partial charge in [0.1, 0.15) is 11.6 Å². The first kappa shape index (κ1) is 15.2. The molecule has 0 N–H and O–H groups in total. The molecule has 2 aromatic carbocycles. The number of fused-ring (bicyclic) bond motifs is 1. The summed E-state index contributed by atoms with van der Waals surface area (Å²) >= 11 is 0. The number of carbonyl (C=O) groups is 1. The third-order valence-electron chi connectivity index (χ3n) is 3.70. The van der Waals surface area contributed by atoms with Gasteiger partial charge in [0.2, 0.25) is 0 Å². The minimum Gasteiger partial charge on any atom is -0.493 e. The minimum atomic E-state index is -0.402. The summed E-state index contributed by atoms with van der Waals surface area (Å²) in [5.41, 5.74) is 1.18. The first-order valence-electron chi connectivity index (χ1n) is 7.43. The van der Waals surface area contributed by atoms with Crippen LogP contribution in [0.2, 0.25) is 0 Å². The van der Waals surface area contributed by atoms with Crippen molar-refractivity contribution in [3.63, 3.8) is 0 Å². The summed E-state index contributed by atoms with van der Waals surface area (Å²) in [5.74, 6) is -0.301. The van der Waals surface area contributed by atoms with Gasteiger partial charge in [-0.15, -0.1) is 0 Å². The Hall–Kier alpha value is -2.69. The molecule has 3 aromatic rings. The topological polar surface area (TPSA) is 44.1 Å². The highest BCUT2D eigenvalue weighted by atomic mass is 19.1. The van der Waals surface area contributed by atoms with Crippen molar-refractivity contribution >= 4 is 16.8 Å². The van der Waals surface area contributed by atoms with E-state index >= 15 is 0 Å². The Morgan fingerprint density at radius 3 is 2.74 bits per heavy atom. The quantitative estimate of drug-likeness (QED) is 0.735. The zero-order valence-corrected chi connectivity index (χ0v) is 13.0. The summed E-state index contributed by atoms with van der Waals surface area (Å²) in [6, 6.07) is 13.6. The fraction of sp³-hybridized carbons (Fsp3) is 0.222. The summed E-state index contributed by atoms with van der Waals surface area (Å²) in [6.45, 7) is 3.81. The molecule has 0 fully saturated rings. The van der Waals surface area contributed by atoms with Gasteiger partial charge in [-0.2, -0.15) is 9.78 Å². The van der Waals surface area contributed by atoms with Gasteiger partial charge in [-0.1, -0.05) is 25.1 Å². The zero-order chi connectivity index (χ0) is 16.4. The zero-order valence-electron chi connectivity index (χ0n) is 13.0. The fourth-order valence-corrected chi connectivity index (χ4v) is 2.43. The maximum atomic E-state index is 13.5. The predicted molar refractivity (Wildman–Crippen MR) is 86.2 cm³/mol. The molecule has 0 saturated heterocycles. The number of ether oxygens (including phenoxy) is 1. The summed E-state index contributed by atoms with van der Waals surface area (Å²) in [7, 11) is 0. The SMILES string of the molecule is Cc1nn(C(=O)[C@@H](C)COc2ccccc2)c2cc(F)ccc12. The van der Waals surface area contributed by atoms with Gasteiger partial charge < -0.3 is 4.74 Å². The van der Waals surface area contributed by atoms with Crippen molar-refractivity contribution in [1.82, 2.24) is 9.78 Å². The van der Waals surface area contributed by atoms with Crippen LogP contribution in [-0.2, 0) is 0 Å². The molecule has 5 heteroatoms. The van der Waals surface area contributed by atoms with Crippen LogP contribution in [0.4, 0.5) is 4.39 Å². The van der Waals surface area contributed by atoms with E-state index in [1.165, 1.54) is 16.8 Å². The molecule has 0 bridgehead atoms. The van der Waals surface area contributed by atoms with E-state index in [4.69, 9.17) is 4.74 Å². The molecule has 0 unspecified atom stereocenters. The Balaban J connectivity index is 1.81. The predicted octanol–water partition coefficient (Wildman–Crippen LogP) is 3.84. The van der Waals surface area contributed by atoms with E-state index in [2.05, 4.69) is 5.10 Å². The molecule has 0 radical (unpaired) electrons. The first-order valence-corrected chi connectivity index (χ1v) is 7.43. The van der Waals surface area contributed by atoms with Crippen molar-refractivity contribution in [2.45, 2.75) is 13.8 Å². The number of carbonyl (C=O) groups excluding carboxylic acids is 1. The van der Waals surface area contributed by atoms with E-state index in [0.717, 1.165) is 5.39 Å². The van der Waals surface area contributed by atoms with Crippen LogP contribution < -0.4 is 4.74 Å². The molecule has 1 heterocycles. The molecule has 0 aliphatic heterocycles. The van der Waals surface area contributed by atoms with Crippen LogP contribution >= 0.6 is 0 Å². The molecule has 3 rings (SSSR count). The van der Waals surface area contributed by atoms with Gasteiger partial charge in [0.25, 0.3) is 5.91 Å². The molecule has 23 heavy (non-hydrogen) atoms. The molecule has 0 saturated carbocycles. The van der Waals surface area contributed by atoms with E-state index in [1.807, 2.05) is 30.3 Å². The van der Waals surface area contributed by atoms with E-state index in [9.17, 15) is 9.18 Å². The normalized spacial score (nSPS) is 12.3. The Kier molecular flexibility index (Phi) is 4.10. The smallest absolute Gasteiger partial charge is 0.253 e. The summed E-state index contributed by atoms with van der Waals surface area (Å²) in [6.07, 6.45) is 0. The average molecular weight is 312 g/mol. The van der Waals surface area contributed by atoms with E-state index in [1.54, 1.807) is 19.9 Å². The number of rotatable bonds is 4. The van der Waals surface area contributed by atoms with Crippen LogP contribution in [0.1, 0.15) is 17.4 Å². The summed E-state index contributed by atoms with van der Waals surface area (Å²) < 4.78 is 20.4. The number of aryl methyl sites for hydroxylation is 1. The summed E-state index contributed by atoms with van der Waals surface area (Å²) in [5, 5.41) is 5.03. The summed E-state index contributed by atoms with van der Waals surface area (Å²) in [4.78, 5) is 12.6. The molecule has 0 aliphatic carbocycles. The number of benzene rings is 2. The van der Waals surface area contributed by atoms with Crippen molar-refractivity contribution in [1.29, 1.82) is 0 Å². The first-order chi connectivity index (χ1) is 11.1. The van der Waals surface area contributed by atoms with Crippen molar-refractivity contribution in [2.75, 3.05) is 6.61 Å². The lowest BCUT2D eigenvalue weighted by atomic mass is 10.1. The van der Waals surface area contributed by atoms with E-state index in [0.29, 0.717) is 17.0 Å². The molecule has 1 atom stereocenters. The highest BCUT2D eigenvalue weighted by Crippen LogP contribution is 2.20. The third-order valence-corrected chi connectivity index (χ3v) is 3.70. The number of hydrogen-bond acceptors (Lipinski definition) is 3. The van der Waals surface area contributed by atoms with Crippen molar-refractivity contribution in [2.24, 2.45) is 5.92 Å². The second-order valence-corrected chi connectivity index (χ2v) is 5.52. The van der Waals surface area contributed by atoms with Gasteiger partial charge in [0.15, 0.2) is 0 Å². The lowest BCUT2D eigenvalue weighted by Gasteiger charge is -2.12. The molecule has 1 aromatic heterocycles. The molecular weight excluding hydrogens is 295 g/mol. The van der Waals surface area contributed by atoms with E-state index < -0.39 is 5.92 Å². The number of nitrogens with zero attached hydrogens (tertiary/aromatic N) is 2. The van der Waals surface area contributed by atoms with Crippen LogP contribution in [0.15, 0.2) is 48.5 Å². The van der Waals surface area contributed by atoms with Gasteiger partial charge in [-0.25, -0.2) is 4.39 Å². The van der Waals surface area contributed by atoms with Crippen LogP contribution in [0.3, 0.4) is 0 Å². The Morgan fingerprint density at radius 2 is 2.00 bits per heavy atom. The standard InChI is InChI=1S/C18H17FN2O2/c1-12(11-23-15-6-4-3-5-7-15)18(22)21-17-10-14(19)8-9-16(17)13(2)20-21/h3-10,12H,11H2,1-2H3/t12-/m0/s1. The van der Waals surface area contributed by atoms with Gasteiger partial charge >= 0.3 is 0 Å². The molecular formula is C18H17FN2O2. The lowest BCUT2D eigenvalue weighted by Crippen LogP contribution is -2.25. The number of aromatic nitrogens is 2. The fourth-order valence-electron chi connectivity index (χ4n) is 2.43. The minimum absolute atomic E-state index is 0.218. The highest BCUT2D eigenvalue weighted by molar-refractivity contribution is 5.93. The molecule has 0 amide bonds. The van der Waals surface area contributed by atoms with Gasteiger partial charge in [0, 0.05) is 11.5 Å². The second-order valence-electron chi connectivity index (χ2n) is 5.52. The maximum Gasteiger partial charge on any atom is 0.253 e. The van der Waals surface area contributed by atoms with Gasteiger partial charge in [-0.3, -0.25) is 4.79 Å². The Morgan fingerprint density at radius 1 is 1.26 bits per heavy atom. The number of hydrogen-bond donors (Lipinski definition) is 0. The molecule has 0 spiro atoms. The average Bonchev–Trinajstić information content (AvgIpc) is 2.89. The second kappa shape index (κ2) is 6.20.